The Morgan fingerprint density at radius 1 is 0.895 bits per heavy atom. The van der Waals surface area contributed by atoms with Crippen molar-refractivity contribution in [3.05, 3.63) is 60.8 Å². The van der Waals surface area contributed by atoms with Gasteiger partial charge in [0, 0.05) is 34.1 Å². The van der Waals surface area contributed by atoms with Crippen molar-refractivity contribution < 1.29 is 0 Å². The van der Waals surface area contributed by atoms with E-state index < -0.39 is 0 Å². The third kappa shape index (κ3) is 1.59. The van der Waals surface area contributed by atoms with Gasteiger partial charge in [0.25, 0.3) is 0 Å². The highest BCUT2D eigenvalue weighted by Crippen LogP contribution is 2.27. The van der Waals surface area contributed by atoms with Gasteiger partial charge in [-0.05, 0) is 18.2 Å². The summed E-state index contributed by atoms with van der Waals surface area (Å²) in [5.74, 6) is 0. The minimum Gasteiger partial charge on any atom is -0.354 e. The first-order valence-corrected chi connectivity index (χ1v) is 6.13. The van der Waals surface area contributed by atoms with Crippen molar-refractivity contribution in [1.29, 1.82) is 0 Å². The Hall–Kier alpha value is -2.68. The second-order valence-electron chi connectivity index (χ2n) is 4.44. The fourth-order valence-corrected chi connectivity index (χ4v) is 2.37. The lowest BCUT2D eigenvalue weighted by molar-refractivity contribution is 1.04. The molecule has 0 atom stereocenters. The summed E-state index contributed by atoms with van der Waals surface area (Å²) in [6, 6.07) is 19.6. The summed E-state index contributed by atoms with van der Waals surface area (Å²) < 4.78 is 0. The molecule has 0 amide bonds. The summed E-state index contributed by atoms with van der Waals surface area (Å²) in [5, 5.41) is 10.4. The smallest absolute Gasteiger partial charge is 0.0936 e. The van der Waals surface area contributed by atoms with Crippen LogP contribution in [0.2, 0.25) is 0 Å². The summed E-state index contributed by atoms with van der Waals surface area (Å²) >= 11 is 0. The molecule has 0 saturated carbocycles. The van der Waals surface area contributed by atoms with E-state index in [2.05, 4.69) is 39.4 Å². The number of nitrogens with one attached hydrogen (secondary N) is 1. The first kappa shape index (κ1) is 10.3. The molecule has 1 N–H and O–H groups in total. The summed E-state index contributed by atoms with van der Waals surface area (Å²) in [7, 11) is 0. The Balaban J connectivity index is 1.99. The molecule has 0 aliphatic heterocycles. The predicted octanol–water partition coefficient (Wildman–Crippen LogP) is 3.58. The molecule has 2 aromatic heterocycles. The number of benzene rings is 2. The maximum absolute atomic E-state index is 4.11. The van der Waals surface area contributed by atoms with E-state index >= 15 is 0 Å². The van der Waals surface area contributed by atoms with Crippen molar-refractivity contribution in [2.45, 2.75) is 0 Å². The molecular weight excluding hydrogens is 234 g/mol. The Morgan fingerprint density at radius 2 is 1.84 bits per heavy atom. The zero-order chi connectivity index (χ0) is 12.7. The van der Waals surface area contributed by atoms with E-state index in [0.717, 1.165) is 22.3 Å². The number of nitrogens with zero attached hydrogens (tertiary/aromatic N) is 2. The van der Waals surface area contributed by atoms with E-state index in [9.17, 15) is 0 Å². The lowest BCUT2D eigenvalue weighted by atomic mass is 10.1. The lowest BCUT2D eigenvalue weighted by Gasteiger charge is -1.98. The minimum absolute atomic E-state index is 0.836. The highest BCUT2D eigenvalue weighted by Gasteiger charge is 2.06. The molecule has 2 heterocycles. The standard InChI is InChI=1S/C16H10N3/c1-2-5-15-12(4-1)13-8-7-11(10-16(13)18-15)14-6-3-9-17-19-14/h1-9,18H. The van der Waals surface area contributed by atoms with Gasteiger partial charge in [0.05, 0.1) is 11.2 Å². The van der Waals surface area contributed by atoms with Crippen LogP contribution in [-0.4, -0.2) is 15.2 Å². The molecule has 0 fully saturated rings. The van der Waals surface area contributed by atoms with Gasteiger partial charge in [0.2, 0.25) is 0 Å². The molecule has 0 bridgehead atoms. The molecule has 0 unspecified atom stereocenters. The van der Waals surface area contributed by atoms with Crippen LogP contribution in [0.5, 0.6) is 0 Å². The molecule has 89 valence electrons. The van der Waals surface area contributed by atoms with Gasteiger partial charge in [0.1, 0.15) is 0 Å². The number of hydrogen-bond donors (Lipinski definition) is 1. The van der Waals surface area contributed by atoms with Gasteiger partial charge in [-0.2, -0.15) is 10.2 Å². The van der Waals surface area contributed by atoms with Gasteiger partial charge in [0.15, 0.2) is 0 Å². The highest BCUT2D eigenvalue weighted by atomic mass is 15.1. The largest absolute Gasteiger partial charge is 0.354 e. The van der Waals surface area contributed by atoms with Crippen molar-refractivity contribution in [2.75, 3.05) is 0 Å². The summed E-state index contributed by atoms with van der Waals surface area (Å²) in [6.45, 7) is 0. The van der Waals surface area contributed by atoms with E-state index in [1.807, 2.05) is 30.3 Å². The maximum Gasteiger partial charge on any atom is 0.0936 e. The minimum atomic E-state index is 0.836. The van der Waals surface area contributed by atoms with Crippen LogP contribution in [0.25, 0.3) is 33.1 Å². The van der Waals surface area contributed by atoms with E-state index in [1.165, 1.54) is 10.8 Å². The Morgan fingerprint density at radius 3 is 2.74 bits per heavy atom. The average Bonchev–Trinajstić information content (AvgIpc) is 2.86. The molecule has 0 aliphatic carbocycles. The molecule has 0 spiro atoms. The van der Waals surface area contributed by atoms with Crippen LogP contribution in [0.1, 0.15) is 0 Å². The molecule has 4 rings (SSSR count). The summed E-state index contributed by atoms with van der Waals surface area (Å²) in [6.07, 6.45) is 1.67. The Bertz CT molecular complexity index is 863. The maximum atomic E-state index is 4.11. The van der Waals surface area contributed by atoms with E-state index in [0.29, 0.717) is 0 Å². The van der Waals surface area contributed by atoms with E-state index in [1.54, 1.807) is 6.20 Å². The first-order chi connectivity index (χ1) is 9.42. The third-order valence-electron chi connectivity index (χ3n) is 3.27. The second kappa shape index (κ2) is 3.92. The summed E-state index contributed by atoms with van der Waals surface area (Å²) in [5.41, 5.74) is 3.92. The SMILES string of the molecule is [c]1c(-c2cccnn2)ccc2c1[nH]c1ccccc12. The number of hydrogen-bond acceptors (Lipinski definition) is 2. The van der Waals surface area contributed by atoms with Crippen LogP contribution >= 0.6 is 0 Å². The van der Waals surface area contributed by atoms with Crippen LogP contribution in [0, 0.1) is 6.07 Å². The highest BCUT2D eigenvalue weighted by molar-refractivity contribution is 6.07. The van der Waals surface area contributed by atoms with Crippen LogP contribution in [-0.2, 0) is 0 Å². The topological polar surface area (TPSA) is 41.6 Å². The zero-order valence-corrected chi connectivity index (χ0v) is 10.1. The quantitative estimate of drug-likeness (QED) is 0.556. The first-order valence-electron chi connectivity index (χ1n) is 6.13. The predicted molar refractivity (Wildman–Crippen MR) is 75.7 cm³/mol. The second-order valence-corrected chi connectivity index (χ2v) is 4.44. The number of para-hydroxylation sites is 1. The molecule has 2 aromatic carbocycles. The molecule has 0 aliphatic rings. The van der Waals surface area contributed by atoms with E-state index in [-0.39, 0.29) is 0 Å². The van der Waals surface area contributed by atoms with E-state index in [4.69, 9.17) is 0 Å². The number of fused-ring (bicyclic) bond motifs is 3. The number of H-pyrrole nitrogens is 1. The van der Waals surface area contributed by atoms with Crippen LogP contribution < -0.4 is 0 Å². The molecule has 4 aromatic rings. The molecule has 19 heavy (non-hydrogen) atoms. The van der Waals surface area contributed by atoms with Gasteiger partial charge >= 0.3 is 0 Å². The zero-order valence-electron chi connectivity index (χ0n) is 10.1. The summed E-state index contributed by atoms with van der Waals surface area (Å²) in [4.78, 5) is 3.38. The average molecular weight is 244 g/mol. The van der Waals surface area contributed by atoms with Gasteiger partial charge in [-0.3, -0.25) is 0 Å². The van der Waals surface area contributed by atoms with Gasteiger partial charge in [-0.25, -0.2) is 0 Å². The van der Waals surface area contributed by atoms with Crippen molar-refractivity contribution >= 4 is 21.8 Å². The van der Waals surface area contributed by atoms with Crippen LogP contribution in [0.4, 0.5) is 0 Å². The monoisotopic (exact) mass is 244 g/mol. The number of aromatic amines is 1. The lowest BCUT2D eigenvalue weighted by Crippen LogP contribution is -1.85. The van der Waals surface area contributed by atoms with Crippen molar-refractivity contribution in [3.63, 3.8) is 0 Å². The fourth-order valence-electron chi connectivity index (χ4n) is 2.37. The van der Waals surface area contributed by atoms with Crippen LogP contribution in [0.3, 0.4) is 0 Å². The molecule has 3 heteroatoms. The third-order valence-corrected chi connectivity index (χ3v) is 3.27. The van der Waals surface area contributed by atoms with Gasteiger partial charge < -0.3 is 4.98 Å². The number of aromatic nitrogens is 3. The van der Waals surface area contributed by atoms with Gasteiger partial charge in [-0.15, -0.1) is 0 Å². The van der Waals surface area contributed by atoms with Crippen molar-refractivity contribution in [1.82, 2.24) is 15.2 Å². The normalized spacial score (nSPS) is 11.2. The molecular formula is C16H10N3. The van der Waals surface area contributed by atoms with Gasteiger partial charge in [-0.1, -0.05) is 30.3 Å². The van der Waals surface area contributed by atoms with Crippen molar-refractivity contribution in [3.8, 4) is 11.3 Å². The Labute approximate surface area is 109 Å². The van der Waals surface area contributed by atoms with Crippen LogP contribution in [0.15, 0.2) is 54.7 Å². The van der Waals surface area contributed by atoms with Crippen molar-refractivity contribution in [2.24, 2.45) is 0 Å². The molecule has 1 radical (unpaired) electrons. The molecule has 0 saturated heterocycles. The molecule has 3 nitrogen and oxygen atoms in total. The Kier molecular flexibility index (Phi) is 2.12. The fraction of sp³-hybridized carbons (Fsp3) is 0. The number of rotatable bonds is 1.